The molecular weight excluding hydrogens is 550 g/mol. The number of esters is 1. The van der Waals surface area contributed by atoms with Gasteiger partial charge >= 0.3 is 5.97 Å². The number of nitrogens with one attached hydrogen (secondary N) is 1. The predicted molar refractivity (Wildman–Crippen MR) is 178 cm³/mol. The Morgan fingerprint density at radius 1 is 0.932 bits per heavy atom. The smallest absolute Gasteiger partial charge is 0.337 e. The number of aryl methyl sites for hydroxylation is 1. The van der Waals surface area contributed by atoms with Gasteiger partial charge in [0.15, 0.2) is 0 Å². The fourth-order valence-corrected chi connectivity index (χ4v) is 6.20. The molecule has 0 unspecified atom stereocenters. The lowest BCUT2D eigenvalue weighted by atomic mass is 10.1. The monoisotopic (exact) mass is 599 g/mol. The van der Waals surface area contributed by atoms with Crippen LogP contribution in [0.5, 0.6) is 0 Å². The number of rotatable bonds is 13. The minimum Gasteiger partial charge on any atom is -0.465 e. The molecule has 236 valence electrons. The summed E-state index contributed by atoms with van der Waals surface area (Å²) in [5.74, 6) is 1.68. The third-order valence-corrected chi connectivity index (χ3v) is 8.88. The summed E-state index contributed by atoms with van der Waals surface area (Å²) >= 11 is 0. The van der Waals surface area contributed by atoms with E-state index in [1.165, 1.54) is 39.5 Å². The van der Waals surface area contributed by atoms with Gasteiger partial charge in [-0.3, -0.25) is 4.79 Å². The maximum absolute atomic E-state index is 13.9. The van der Waals surface area contributed by atoms with Crippen LogP contribution in [-0.2, 0) is 11.3 Å². The molecule has 0 aliphatic carbocycles. The van der Waals surface area contributed by atoms with E-state index in [0.717, 1.165) is 84.3 Å². The fraction of sp³-hybridized carbons (Fsp3) is 0.528. The molecule has 1 fully saturated rings. The molecule has 3 heterocycles. The highest BCUT2D eigenvalue weighted by Gasteiger charge is 2.22. The fourth-order valence-electron chi connectivity index (χ4n) is 6.20. The van der Waals surface area contributed by atoms with Gasteiger partial charge in [-0.25, -0.2) is 9.78 Å². The first-order chi connectivity index (χ1) is 21.2. The molecule has 1 N–H and O–H groups in total. The Morgan fingerprint density at radius 3 is 2.32 bits per heavy atom. The molecule has 8 heteroatoms. The molecule has 0 radical (unpaired) electrons. The predicted octanol–water partition coefficient (Wildman–Crippen LogP) is 7.38. The molecule has 2 aromatic carbocycles. The number of likely N-dealkylation sites (tertiary alicyclic amines) is 1. The molecular formula is C36H49N5O3. The van der Waals surface area contributed by atoms with E-state index in [-0.39, 0.29) is 11.9 Å². The third-order valence-electron chi connectivity index (χ3n) is 8.88. The molecule has 1 aliphatic rings. The second-order valence-corrected chi connectivity index (χ2v) is 13.2. The number of carbonyl (C=O) groups is 2. The largest absolute Gasteiger partial charge is 0.465 e. The van der Waals surface area contributed by atoms with Crippen LogP contribution in [0.25, 0.3) is 33.3 Å². The first-order valence-electron chi connectivity index (χ1n) is 16.5. The topological polar surface area (TPSA) is 83.5 Å². The van der Waals surface area contributed by atoms with Crippen molar-refractivity contribution in [3.05, 3.63) is 53.7 Å². The first-order valence-corrected chi connectivity index (χ1v) is 16.5. The number of ether oxygens (including phenoxy) is 1. The summed E-state index contributed by atoms with van der Waals surface area (Å²) < 4.78 is 7.22. The Bertz CT molecular complexity index is 1570. The van der Waals surface area contributed by atoms with Crippen LogP contribution in [0.15, 0.2) is 42.6 Å². The number of methoxy groups -OCH3 is 1. The lowest BCUT2D eigenvalue weighted by molar-refractivity contribution is 0.0600. The van der Waals surface area contributed by atoms with Crippen molar-refractivity contribution in [2.24, 2.45) is 11.8 Å². The number of carbonyl (C=O) groups excluding carboxylic acids is 2. The summed E-state index contributed by atoms with van der Waals surface area (Å²) in [5, 5.41) is 0.995. The number of nitrogens with zero attached hydrogens (tertiary/aromatic N) is 4. The number of hydrogen-bond acceptors (Lipinski definition) is 5. The molecule has 1 aliphatic heterocycles. The summed E-state index contributed by atoms with van der Waals surface area (Å²) in [4.78, 5) is 39.1. The summed E-state index contributed by atoms with van der Waals surface area (Å²) in [6.45, 7) is 14.6. The number of benzene rings is 2. The summed E-state index contributed by atoms with van der Waals surface area (Å²) in [6, 6.07) is 11.6. The molecule has 2 aromatic heterocycles. The second-order valence-electron chi connectivity index (χ2n) is 13.2. The van der Waals surface area contributed by atoms with E-state index in [0.29, 0.717) is 17.4 Å². The van der Waals surface area contributed by atoms with Gasteiger partial charge in [-0.1, -0.05) is 40.2 Å². The summed E-state index contributed by atoms with van der Waals surface area (Å²) in [7, 11) is 1.39. The molecule has 0 saturated carbocycles. The van der Waals surface area contributed by atoms with Crippen molar-refractivity contribution < 1.29 is 14.3 Å². The van der Waals surface area contributed by atoms with E-state index in [4.69, 9.17) is 9.72 Å². The molecule has 5 rings (SSSR count). The summed E-state index contributed by atoms with van der Waals surface area (Å²) in [6.07, 6.45) is 8.83. The van der Waals surface area contributed by atoms with Crippen LogP contribution in [0.3, 0.4) is 0 Å². The molecule has 8 nitrogen and oxygen atoms in total. The maximum atomic E-state index is 13.9. The zero-order valence-electron chi connectivity index (χ0n) is 27.2. The van der Waals surface area contributed by atoms with Gasteiger partial charge in [-0.15, -0.1) is 0 Å². The maximum Gasteiger partial charge on any atom is 0.337 e. The highest BCUT2D eigenvalue weighted by Crippen LogP contribution is 2.32. The van der Waals surface area contributed by atoms with Gasteiger partial charge in [-0.05, 0) is 93.9 Å². The van der Waals surface area contributed by atoms with Crippen molar-refractivity contribution >= 4 is 33.8 Å². The standard InChI is InChI=1S/C36H49N5O3/c1-25(2)14-20-40(21-15-26(3)4)35(42)27-11-13-31-33(23-27)41(19-9-18-39-16-7-6-8-17-39)34(38-31)30-24-37-32-22-28(36(43)44-5)10-12-29(30)32/h10-13,22-26,37H,6-9,14-21H2,1-5H3. The van der Waals surface area contributed by atoms with Gasteiger partial charge in [0.1, 0.15) is 5.82 Å². The van der Waals surface area contributed by atoms with Crippen LogP contribution in [0, 0.1) is 11.8 Å². The molecule has 4 aromatic rings. The van der Waals surface area contributed by atoms with E-state index in [2.05, 4.69) is 48.2 Å². The Morgan fingerprint density at radius 2 is 1.64 bits per heavy atom. The summed E-state index contributed by atoms with van der Waals surface area (Å²) in [5.41, 5.74) is 4.93. The van der Waals surface area contributed by atoms with Gasteiger partial charge < -0.3 is 24.1 Å². The second kappa shape index (κ2) is 14.4. The van der Waals surface area contributed by atoms with Crippen LogP contribution in [0.4, 0.5) is 0 Å². The van der Waals surface area contributed by atoms with Crippen LogP contribution in [-0.4, -0.2) is 76.0 Å². The van der Waals surface area contributed by atoms with Gasteiger partial charge in [0.05, 0.1) is 23.7 Å². The Hall–Kier alpha value is -3.65. The van der Waals surface area contributed by atoms with Crippen molar-refractivity contribution in [1.82, 2.24) is 24.3 Å². The molecule has 1 amide bonds. The number of H-pyrrole nitrogens is 1. The molecule has 44 heavy (non-hydrogen) atoms. The van der Waals surface area contributed by atoms with Gasteiger partial charge in [0, 0.05) is 47.9 Å². The zero-order valence-corrected chi connectivity index (χ0v) is 27.2. The average Bonchev–Trinajstić information content (AvgIpc) is 3.61. The normalized spacial score (nSPS) is 14.2. The minimum atomic E-state index is -0.360. The Balaban J connectivity index is 1.51. The minimum absolute atomic E-state index is 0.0956. The Labute approximate surface area is 261 Å². The van der Waals surface area contributed by atoms with Crippen molar-refractivity contribution in [3.8, 4) is 11.4 Å². The molecule has 0 atom stereocenters. The first kappa shape index (κ1) is 31.8. The molecule has 0 spiro atoms. The van der Waals surface area contributed by atoms with E-state index in [9.17, 15) is 9.59 Å². The van der Waals surface area contributed by atoms with Gasteiger partial charge in [0.2, 0.25) is 0 Å². The van der Waals surface area contributed by atoms with Crippen LogP contribution in [0.2, 0.25) is 0 Å². The average molecular weight is 600 g/mol. The number of aromatic amines is 1. The van der Waals surface area contributed by atoms with Crippen molar-refractivity contribution in [2.75, 3.05) is 39.8 Å². The van der Waals surface area contributed by atoms with Gasteiger partial charge in [0.25, 0.3) is 5.91 Å². The van der Waals surface area contributed by atoms with E-state index >= 15 is 0 Å². The third kappa shape index (κ3) is 7.34. The van der Waals surface area contributed by atoms with Crippen LogP contribution in [0.1, 0.15) is 86.9 Å². The van der Waals surface area contributed by atoms with E-state index in [1.54, 1.807) is 6.07 Å². The highest BCUT2D eigenvalue weighted by atomic mass is 16.5. The quantitative estimate of drug-likeness (QED) is 0.162. The number of aromatic nitrogens is 3. The number of amides is 1. The van der Waals surface area contributed by atoms with Crippen LogP contribution >= 0.6 is 0 Å². The number of imidazole rings is 1. The number of piperidine rings is 1. The van der Waals surface area contributed by atoms with Crippen LogP contribution < -0.4 is 0 Å². The molecule has 1 saturated heterocycles. The molecule has 0 bridgehead atoms. The van der Waals surface area contributed by atoms with Crippen molar-refractivity contribution in [3.63, 3.8) is 0 Å². The van der Waals surface area contributed by atoms with Crippen molar-refractivity contribution in [2.45, 2.75) is 72.8 Å². The van der Waals surface area contributed by atoms with E-state index in [1.807, 2.05) is 35.4 Å². The number of hydrogen-bond donors (Lipinski definition) is 1. The van der Waals surface area contributed by atoms with E-state index < -0.39 is 0 Å². The highest BCUT2D eigenvalue weighted by molar-refractivity contribution is 6.01. The lowest BCUT2D eigenvalue weighted by Crippen LogP contribution is -2.34. The Kier molecular flexibility index (Phi) is 10.4. The van der Waals surface area contributed by atoms with Crippen molar-refractivity contribution in [1.29, 1.82) is 0 Å². The number of fused-ring (bicyclic) bond motifs is 2. The lowest BCUT2D eigenvalue weighted by Gasteiger charge is -2.26. The van der Waals surface area contributed by atoms with Gasteiger partial charge in [-0.2, -0.15) is 0 Å². The SMILES string of the molecule is COC(=O)c1ccc2c(-c3nc4ccc(C(=O)N(CCC(C)C)CCC(C)C)cc4n3CCCN3CCCCC3)c[nH]c2c1. The zero-order chi connectivity index (χ0) is 31.2.